The molecule has 0 saturated heterocycles. The lowest BCUT2D eigenvalue weighted by molar-refractivity contribution is -0.140. The summed E-state index contributed by atoms with van der Waals surface area (Å²) in [6.45, 7) is 1.98. The number of nitrogens with one attached hydrogen (secondary N) is 1. The summed E-state index contributed by atoms with van der Waals surface area (Å²) in [6, 6.07) is 21.2. The number of para-hydroxylation sites is 1. The lowest BCUT2D eigenvalue weighted by atomic mass is 10.1. The Morgan fingerprint density at radius 1 is 1.00 bits per heavy atom. The van der Waals surface area contributed by atoms with Crippen LogP contribution >= 0.6 is 0 Å². The summed E-state index contributed by atoms with van der Waals surface area (Å²) in [6.07, 6.45) is 3.42. The van der Waals surface area contributed by atoms with Crippen LogP contribution in [0.25, 0.3) is 27.8 Å². The third kappa shape index (κ3) is 3.69. The van der Waals surface area contributed by atoms with Gasteiger partial charge < -0.3 is 10.1 Å². The minimum Gasteiger partial charge on any atom is -0.465 e. The van der Waals surface area contributed by atoms with Crippen molar-refractivity contribution in [2.45, 2.75) is 11.8 Å². The van der Waals surface area contributed by atoms with E-state index in [1.807, 2.05) is 40.9 Å². The number of rotatable bonds is 7. The van der Waals surface area contributed by atoms with Gasteiger partial charge in [-0.1, -0.05) is 42.5 Å². The van der Waals surface area contributed by atoms with E-state index in [0.29, 0.717) is 28.2 Å². The fraction of sp³-hybridized carbons (Fsp3) is 0.120. The van der Waals surface area contributed by atoms with Crippen molar-refractivity contribution in [3.8, 4) is 11.3 Å². The van der Waals surface area contributed by atoms with Crippen LogP contribution in [-0.2, 0) is 19.6 Å². The molecule has 3 aromatic heterocycles. The fourth-order valence-electron chi connectivity index (χ4n) is 3.96. The Bertz CT molecular complexity index is 1600. The van der Waals surface area contributed by atoms with Gasteiger partial charge in [-0.2, -0.15) is 0 Å². The summed E-state index contributed by atoms with van der Waals surface area (Å²) >= 11 is 0. The minimum absolute atomic E-state index is 0.0511. The van der Waals surface area contributed by atoms with E-state index < -0.39 is 16.0 Å². The summed E-state index contributed by atoms with van der Waals surface area (Å²) in [5.41, 5.74) is 2.36. The van der Waals surface area contributed by atoms with Gasteiger partial charge in [-0.05, 0) is 37.3 Å². The zero-order valence-electron chi connectivity index (χ0n) is 18.4. The Kier molecular flexibility index (Phi) is 5.54. The van der Waals surface area contributed by atoms with Crippen LogP contribution in [0.2, 0.25) is 0 Å². The number of ether oxygens (including phenoxy) is 1. The number of anilines is 1. The highest BCUT2D eigenvalue weighted by Gasteiger charge is 2.24. The Balaban J connectivity index is 1.71. The molecular formula is C25H22N4O4S. The first-order valence-electron chi connectivity index (χ1n) is 10.8. The van der Waals surface area contributed by atoms with Crippen LogP contribution < -0.4 is 5.32 Å². The van der Waals surface area contributed by atoms with Gasteiger partial charge in [-0.25, -0.2) is 17.4 Å². The largest absolute Gasteiger partial charge is 0.465 e. The standard InChI is InChI=1S/C25H22N4O4S/c1-2-33-23(30)16-26-25-24(27-22-14-8-9-15-28(22)25)20-17-29(21-13-7-6-12-19(20)21)34(31,32)18-10-4-3-5-11-18/h3-15,17,26H,2,16H2,1H3. The zero-order chi connectivity index (χ0) is 23.7. The van der Waals surface area contributed by atoms with Crippen molar-refractivity contribution in [2.75, 3.05) is 18.5 Å². The zero-order valence-corrected chi connectivity index (χ0v) is 19.2. The predicted octanol–water partition coefficient (Wildman–Crippen LogP) is 4.17. The van der Waals surface area contributed by atoms with Gasteiger partial charge in [-0.15, -0.1) is 0 Å². The molecule has 0 aliphatic carbocycles. The molecule has 34 heavy (non-hydrogen) atoms. The maximum absolute atomic E-state index is 13.5. The molecule has 0 radical (unpaired) electrons. The number of carbonyl (C=O) groups is 1. The number of hydrogen-bond acceptors (Lipinski definition) is 6. The number of carbonyl (C=O) groups excluding carboxylic acids is 1. The lowest BCUT2D eigenvalue weighted by Crippen LogP contribution is -2.17. The van der Waals surface area contributed by atoms with Crippen molar-refractivity contribution < 1.29 is 17.9 Å². The third-order valence-corrected chi connectivity index (χ3v) is 7.16. The van der Waals surface area contributed by atoms with Crippen LogP contribution in [0, 0.1) is 0 Å². The molecule has 8 nitrogen and oxygen atoms in total. The molecule has 5 aromatic rings. The van der Waals surface area contributed by atoms with E-state index in [1.165, 1.54) is 3.97 Å². The number of fused-ring (bicyclic) bond motifs is 2. The van der Waals surface area contributed by atoms with E-state index in [-0.39, 0.29) is 18.0 Å². The Hall–Kier alpha value is -4.11. The van der Waals surface area contributed by atoms with Crippen molar-refractivity contribution >= 4 is 38.4 Å². The van der Waals surface area contributed by atoms with Gasteiger partial charge in [0.25, 0.3) is 10.0 Å². The van der Waals surface area contributed by atoms with Crippen molar-refractivity contribution in [3.63, 3.8) is 0 Å². The van der Waals surface area contributed by atoms with E-state index >= 15 is 0 Å². The van der Waals surface area contributed by atoms with Crippen molar-refractivity contribution in [1.82, 2.24) is 13.4 Å². The molecule has 0 spiro atoms. The third-order valence-electron chi connectivity index (χ3n) is 5.47. The molecule has 5 rings (SSSR count). The molecule has 172 valence electrons. The Morgan fingerprint density at radius 2 is 1.74 bits per heavy atom. The maximum Gasteiger partial charge on any atom is 0.325 e. The Labute approximate surface area is 196 Å². The number of nitrogens with zero attached hydrogens (tertiary/aromatic N) is 3. The molecule has 0 aliphatic heterocycles. The van der Waals surface area contributed by atoms with Crippen LogP contribution in [0.5, 0.6) is 0 Å². The van der Waals surface area contributed by atoms with Gasteiger partial charge in [0.05, 0.1) is 17.0 Å². The molecule has 9 heteroatoms. The number of benzene rings is 2. The van der Waals surface area contributed by atoms with Gasteiger partial charge in [-0.3, -0.25) is 9.20 Å². The maximum atomic E-state index is 13.5. The topological polar surface area (TPSA) is 94.7 Å². The summed E-state index contributed by atoms with van der Waals surface area (Å²) in [4.78, 5) is 17.0. The summed E-state index contributed by atoms with van der Waals surface area (Å²) in [7, 11) is -3.84. The number of pyridine rings is 1. The van der Waals surface area contributed by atoms with Crippen LogP contribution in [-0.4, -0.2) is 40.9 Å². The lowest BCUT2D eigenvalue weighted by Gasteiger charge is -2.08. The average Bonchev–Trinajstić information content (AvgIpc) is 3.42. The van der Waals surface area contributed by atoms with E-state index in [9.17, 15) is 13.2 Å². The fourth-order valence-corrected chi connectivity index (χ4v) is 5.35. The van der Waals surface area contributed by atoms with Crippen LogP contribution in [0.1, 0.15) is 6.92 Å². The molecule has 0 aliphatic rings. The molecule has 0 fully saturated rings. The van der Waals surface area contributed by atoms with Crippen molar-refractivity contribution in [2.24, 2.45) is 0 Å². The molecule has 0 bridgehead atoms. The number of hydrogen-bond donors (Lipinski definition) is 1. The summed E-state index contributed by atoms with van der Waals surface area (Å²) in [5.74, 6) is 0.178. The van der Waals surface area contributed by atoms with Crippen LogP contribution in [0.4, 0.5) is 5.82 Å². The quantitative estimate of drug-likeness (QED) is 0.356. The minimum atomic E-state index is -3.84. The summed E-state index contributed by atoms with van der Waals surface area (Å²) < 4.78 is 35.2. The molecule has 0 amide bonds. The van der Waals surface area contributed by atoms with Gasteiger partial charge in [0.15, 0.2) is 0 Å². The van der Waals surface area contributed by atoms with Crippen LogP contribution in [0.15, 0.2) is 90.1 Å². The molecular weight excluding hydrogens is 452 g/mol. The van der Waals surface area contributed by atoms with E-state index in [4.69, 9.17) is 9.72 Å². The first kappa shape index (κ1) is 21.7. The first-order valence-corrected chi connectivity index (χ1v) is 12.2. The molecule has 0 atom stereocenters. The predicted molar refractivity (Wildman–Crippen MR) is 130 cm³/mol. The molecule has 2 aromatic carbocycles. The average molecular weight is 475 g/mol. The van der Waals surface area contributed by atoms with Gasteiger partial charge in [0.1, 0.15) is 23.7 Å². The highest BCUT2D eigenvalue weighted by Crippen LogP contribution is 2.36. The van der Waals surface area contributed by atoms with Gasteiger partial charge >= 0.3 is 5.97 Å². The monoisotopic (exact) mass is 474 g/mol. The van der Waals surface area contributed by atoms with Crippen LogP contribution in [0.3, 0.4) is 0 Å². The van der Waals surface area contributed by atoms with Gasteiger partial charge in [0.2, 0.25) is 0 Å². The second-order valence-electron chi connectivity index (χ2n) is 7.57. The van der Waals surface area contributed by atoms with E-state index in [2.05, 4.69) is 5.32 Å². The smallest absolute Gasteiger partial charge is 0.325 e. The van der Waals surface area contributed by atoms with E-state index in [1.54, 1.807) is 55.6 Å². The van der Waals surface area contributed by atoms with Crippen molar-refractivity contribution in [3.05, 3.63) is 85.2 Å². The molecule has 3 heterocycles. The highest BCUT2D eigenvalue weighted by molar-refractivity contribution is 7.90. The molecule has 1 N–H and O–H groups in total. The number of esters is 1. The Morgan fingerprint density at radius 3 is 2.53 bits per heavy atom. The number of aromatic nitrogens is 3. The summed E-state index contributed by atoms with van der Waals surface area (Å²) in [5, 5.41) is 3.86. The van der Waals surface area contributed by atoms with E-state index in [0.717, 1.165) is 5.39 Å². The number of imidazole rings is 1. The molecule has 0 unspecified atom stereocenters. The normalized spacial score (nSPS) is 11.7. The second kappa shape index (κ2) is 8.68. The van der Waals surface area contributed by atoms with Crippen molar-refractivity contribution in [1.29, 1.82) is 0 Å². The SMILES string of the molecule is CCOC(=O)CNc1c(-c2cn(S(=O)(=O)c3ccccc3)c3ccccc23)nc2ccccn12. The first-order chi connectivity index (χ1) is 16.5. The second-order valence-corrected chi connectivity index (χ2v) is 9.39. The molecule has 0 saturated carbocycles. The van der Waals surface area contributed by atoms with Gasteiger partial charge in [0, 0.05) is 23.3 Å². The highest BCUT2D eigenvalue weighted by atomic mass is 32.2.